The first-order valence-corrected chi connectivity index (χ1v) is 6.35. The standard InChI is InChI=1S/C10H12Cl2N2O6/c11-4-1-13-9(8(12)14-4)20-10-7(18)6(17)5(16)3(2-15)19-10/h1,3,5-7,10,15-18H,2H2/t3-,5-,6+,7-,10?/m1/s1. The molecule has 0 aromatic carbocycles. The Morgan fingerprint density at radius 3 is 2.50 bits per heavy atom. The summed E-state index contributed by atoms with van der Waals surface area (Å²) in [5.41, 5.74) is 0. The number of aliphatic hydroxyl groups excluding tert-OH is 4. The van der Waals surface area contributed by atoms with Crippen LogP contribution in [0.1, 0.15) is 0 Å². The molecule has 5 atom stereocenters. The highest BCUT2D eigenvalue weighted by Gasteiger charge is 2.45. The number of aliphatic hydroxyl groups is 4. The molecule has 8 nitrogen and oxygen atoms in total. The van der Waals surface area contributed by atoms with Crippen molar-refractivity contribution in [2.45, 2.75) is 30.7 Å². The van der Waals surface area contributed by atoms with Crippen LogP contribution < -0.4 is 4.74 Å². The SMILES string of the molecule is OC[C@H]1OC(Oc2ncc(Cl)nc2Cl)[C@H](O)[C@@H](O)[C@@H]1O. The van der Waals surface area contributed by atoms with Crippen LogP contribution >= 0.6 is 23.2 Å². The Hall–Kier alpha value is -0.740. The summed E-state index contributed by atoms with van der Waals surface area (Å²) < 4.78 is 10.3. The van der Waals surface area contributed by atoms with E-state index in [1.54, 1.807) is 0 Å². The van der Waals surface area contributed by atoms with Gasteiger partial charge >= 0.3 is 0 Å². The molecule has 4 N–H and O–H groups in total. The summed E-state index contributed by atoms with van der Waals surface area (Å²) in [5, 5.41) is 37.9. The average Bonchev–Trinajstić information content (AvgIpc) is 2.42. The molecule has 10 heteroatoms. The summed E-state index contributed by atoms with van der Waals surface area (Å²) in [7, 11) is 0. The molecule has 0 bridgehead atoms. The minimum Gasteiger partial charge on any atom is -0.443 e. The van der Waals surface area contributed by atoms with E-state index in [1.165, 1.54) is 6.20 Å². The van der Waals surface area contributed by atoms with Crippen LogP contribution in [-0.2, 0) is 4.74 Å². The van der Waals surface area contributed by atoms with Crippen LogP contribution in [0.4, 0.5) is 0 Å². The van der Waals surface area contributed by atoms with Gasteiger partial charge in [0.2, 0.25) is 6.29 Å². The Labute approximate surface area is 123 Å². The van der Waals surface area contributed by atoms with Gasteiger partial charge in [0.15, 0.2) is 5.15 Å². The Morgan fingerprint density at radius 1 is 1.20 bits per heavy atom. The maximum Gasteiger partial charge on any atom is 0.254 e. The summed E-state index contributed by atoms with van der Waals surface area (Å²) in [6, 6.07) is 0. The van der Waals surface area contributed by atoms with E-state index in [9.17, 15) is 15.3 Å². The smallest absolute Gasteiger partial charge is 0.254 e. The maximum absolute atomic E-state index is 9.77. The van der Waals surface area contributed by atoms with Gasteiger partial charge in [0.1, 0.15) is 29.6 Å². The third-order valence-electron chi connectivity index (χ3n) is 2.75. The van der Waals surface area contributed by atoms with E-state index in [1.807, 2.05) is 0 Å². The lowest BCUT2D eigenvalue weighted by Gasteiger charge is -2.39. The van der Waals surface area contributed by atoms with Crippen LogP contribution in [0.25, 0.3) is 0 Å². The Kier molecular flexibility index (Phi) is 4.97. The highest BCUT2D eigenvalue weighted by molar-refractivity contribution is 6.32. The van der Waals surface area contributed by atoms with Gasteiger partial charge in [-0.05, 0) is 0 Å². The lowest BCUT2D eigenvalue weighted by molar-refractivity contribution is -0.278. The zero-order valence-corrected chi connectivity index (χ0v) is 11.4. The largest absolute Gasteiger partial charge is 0.443 e. The fourth-order valence-electron chi connectivity index (χ4n) is 1.69. The Morgan fingerprint density at radius 2 is 1.90 bits per heavy atom. The van der Waals surface area contributed by atoms with Gasteiger partial charge in [-0.3, -0.25) is 0 Å². The monoisotopic (exact) mass is 326 g/mol. The van der Waals surface area contributed by atoms with Gasteiger partial charge < -0.3 is 29.9 Å². The molecule has 1 unspecified atom stereocenters. The molecule has 2 rings (SSSR count). The molecule has 1 aromatic heterocycles. The van der Waals surface area contributed by atoms with Crippen LogP contribution in [0.3, 0.4) is 0 Å². The molecule has 2 heterocycles. The van der Waals surface area contributed by atoms with Crippen molar-refractivity contribution in [3.63, 3.8) is 0 Å². The van der Waals surface area contributed by atoms with Crippen molar-refractivity contribution in [1.29, 1.82) is 0 Å². The van der Waals surface area contributed by atoms with Crippen LogP contribution in [0.15, 0.2) is 6.20 Å². The van der Waals surface area contributed by atoms with Crippen LogP contribution in [0.2, 0.25) is 10.3 Å². The number of ether oxygens (including phenoxy) is 2. The van der Waals surface area contributed by atoms with Crippen molar-refractivity contribution in [3.05, 3.63) is 16.5 Å². The van der Waals surface area contributed by atoms with Crippen LogP contribution in [0.5, 0.6) is 5.88 Å². The van der Waals surface area contributed by atoms with Crippen LogP contribution in [0, 0.1) is 0 Å². The number of aromatic nitrogens is 2. The molecule has 0 spiro atoms. The molecular weight excluding hydrogens is 315 g/mol. The highest BCUT2D eigenvalue weighted by atomic mass is 35.5. The average molecular weight is 327 g/mol. The van der Waals surface area contributed by atoms with Gasteiger partial charge in [-0.15, -0.1) is 0 Å². The first kappa shape index (κ1) is 15.6. The van der Waals surface area contributed by atoms with Crippen molar-refractivity contribution in [2.24, 2.45) is 0 Å². The van der Waals surface area contributed by atoms with E-state index in [4.69, 9.17) is 37.8 Å². The molecule has 1 aliphatic heterocycles. The molecule has 0 amide bonds. The zero-order chi connectivity index (χ0) is 14.9. The minimum absolute atomic E-state index is 0.0520. The second-order valence-electron chi connectivity index (χ2n) is 4.10. The van der Waals surface area contributed by atoms with Gasteiger partial charge in [0, 0.05) is 0 Å². The molecule has 1 aliphatic rings. The lowest BCUT2D eigenvalue weighted by Crippen LogP contribution is -2.60. The highest BCUT2D eigenvalue weighted by Crippen LogP contribution is 2.27. The van der Waals surface area contributed by atoms with Gasteiger partial charge in [-0.1, -0.05) is 23.2 Å². The lowest BCUT2D eigenvalue weighted by atomic mass is 9.99. The Balaban J connectivity index is 2.15. The molecule has 1 saturated heterocycles. The van der Waals surface area contributed by atoms with Gasteiger partial charge in [-0.25, -0.2) is 9.97 Å². The topological polar surface area (TPSA) is 125 Å². The second-order valence-corrected chi connectivity index (χ2v) is 4.85. The number of nitrogens with zero attached hydrogens (tertiary/aromatic N) is 2. The van der Waals surface area contributed by atoms with Gasteiger partial charge in [0.05, 0.1) is 12.8 Å². The number of hydrogen-bond acceptors (Lipinski definition) is 8. The van der Waals surface area contributed by atoms with E-state index >= 15 is 0 Å². The molecule has 0 radical (unpaired) electrons. The van der Waals surface area contributed by atoms with Gasteiger partial charge in [0.25, 0.3) is 5.88 Å². The third-order valence-corrected chi connectivity index (χ3v) is 3.17. The Bertz CT molecular complexity index is 477. The van der Waals surface area contributed by atoms with Gasteiger partial charge in [-0.2, -0.15) is 0 Å². The predicted molar refractivity (Wildman–Crippen MR) is 66.4 cm³/mol. The number of halogens is 2. The summed E-state index contributed by atoms with van der Waals surface area (Å²) in [4.78, 5) is 7.44. The molecule has 1 fully saturated rings. The first-order chi connectivity index (χ1) is 9.43. The van der Waals surface area contributed by atoms with Crippen molar-refractivity contribution >= 4 is 23.2 Å². The summed E-state index contributed by atoms with van der Waals surface area (Å²) in [6.07, 6.45) is -5.86. The molecule has 112 valence electrons. The van der Waals surface area contributed by atoms with E-state index < -0.39 is 37.3 Å². The van der Waals surface area contributed by atoms with E-state index in [2.05, 4.69) is 9.97 Å². The van der Waals surface area contributed by atoms with Crippen molar-refractivity contribution in [1.82, 2.24) is 9.97 Å². The maximum atomic E-state index is 9.77. The predicted octanol–water partition coefficient (Wildman–Crippen LogP) is -1.04. The molecule has 20 heavy (non-hydrogen) atoms. The van der Waals surface area contributed by atoms with E-state index in [-0.39, 0.29) is 16.2 Å². The zero-order valence-electron chi connectivity index (χ0n) is 9.93. The van der Waals surface area contributed by atoms with Crippen LogP contribution in [-0.4, -0.2) is 67.7 Å². The minimum atomic E-state index is -1.55. The fraction of sp³-hybridized carbons (Fsp3) is 0.600. The quantitative estimate of drug-likeness (QED) is 0.555. The summed E-state index contributed by atoms with van der Waals surface area (Å²) >= 11 is 11.3. The van der Waals surface area contributed by atoms with Crippen molar-refractivity contribution < 1.29 is 29.9 Å². The summed E-state index contributed by atoms with van der Waals surface area (Å²) in [5.74, 6) is -0.166. The first-order valence-electron chi connectivity index (χ1n) is 5.59. The number of hydrogen-bond donors (Lipinski definition) is 4. The summed E-state index contributed by atoms with van der Waals surface area (Å²) in [6.45, 7) is -0.565. The molecular formula is C10H12Cl2N2O6. The molecule has 0 aliphatic carbocycles. The molecule has 0 saturated carbocycles. The number of rotatable bonds is 3. The van der Waals surface area contributed by atoms with Crippen molar-refractivity contribution in [3.8, 4) is 5.88 Å². The van der Waals surface area contributed by atoms with E-state index in [0.717, 1.165) is 0 Å². The fourth-order valence-corrected chi connectivity index (χ4v) is 2.05. The normalized spacial score (nSPS) is 34.0. The third kappa shape index (κ3) is 3.12. The van der Waals surface area contributed by atoms with Crippen molar-refractivity contribution in [2.75, 3.05) is 6.61 Å². The molecule has 1 aromatic rings. The van der Waals surface area contributed by atoms with E-state index in [0.29, 0.717) is 0 Å². The second kappa shape index (κ2) is 6.35.